The Bertz CT molecular complexity index is 965. The Morgan fingerprint density at radius 1 is 1.18 bits per heavy atom. The number of anilines is 2. The molecule has 0 bridgehead atoms. The van der Waals surface area contributed by atoms with E-state index in [0.29, 0.717) is 28.0 Å². The third-order valence-electron chi connectivity index (χ3n) is 3.68. The Labute approximate surface area is 210 Å². The summed E-state index contributed by atoms with van der Waals surface area (Å²) in [6.07, 6.45) is 0. The Morgan fingerprint density at radius 3 is 2.46 bits per heavy atom. The fourth-order valence-electron chi connectivity index (χ4n) is 2.43. The molecule has 3 aromatic rings. The molecule has 0 aliphatic heterocycles. The molecule has 0 spiro atoms. The predicted octanol–water partition coefficient (Wildman–Crippen LogP) is -5.53. The monoisotopic (exact) mass is 416 g/mol. The molecule has 0 saturated carbocycles. The van der Waals surface area contributed by atoms with Crippen molar-refractivity contribution in [1.82, 2.24) is 4.98 Å². The number of carboxylic acid groups (broad SMARTS) is 1. The number of nitrogens with one attached hydrogen (secondary N) is 1. The molecule has 1 amide bonds. The van der Waals surface area contributed by atoms with Crippen LogP contribution in [-0.2, 0) is 17.4 Å². The molecular formula is C17H14N4Na2O4S. The number of hydrogen-bond donors (Lipinski definition) is 2. The molecule has 1 heterocycles. The summed E-state index contributed by atoms with van der Waals surface area (Å²) in [5.41, 5.74) is 8.04. The van der Waals surface area contributed by atoms with Crippen molar-refractivity contribution in [1.29, 1.82) is 0 Å². The van der Waals surface area contributed by atoms with Gasteiger partial charge in [0.25, 0.3) is 0 Å². The molecule has 0 fully saturated rings. The standard InChI is InChI=1S/C17H16N4O4S.2Na/c18-16(24)10-1-4-12(5-2-10)21(8-15(22)23)9-19-11-3-6-13-14(7-11)25-17(26)20-13;;/h1-7,19H,8-9H2,(H2,18,24)(H,20,26)(H,22,23);;/q;2*+1/p-2. The van der Waals surface area contributed by atoms with Gasteiger partial charge in [-0.25, -0.2) is 4.98 Å². The third-order valence-corrected chi connectivity index (χ3v) is 3.85. The first-order valence-electron chi connectivity index (χ1n) is 7.58. The minimum absolute atomic E-state index is 0. The SMILES string of the molecule is NC(=O)c1ccc(N(CNc2ccc3nc([S-])oc3c2)CC(=O)[O-])cc1.[Na+].[Na+]. The zero-order valence-corrected chi connectivity index (χ0v) is 20.3. The molecule has 2 aromatic carbocycles. The average Bonchev–Trinajstić information content (AvgIpc) is 2.97. The van der Waals surface area contributed by atoms with Crippen molar-refractivity contribution >= 4 is 47.0 Å². The minimum atomic E-state index is -1.23. The predicted molar refractivity (Wildman–Crippen MR) is 95.4 cm³/mol. The zero-order chi connectivity index (χ0) is 18.7. The topological polar surface area (TPSA) is 125 Å². The van der Waals surface area contributed by atoms with Gasteiger partial charge in [-0.15, -0.1) is 0 Å². The number of carbonyl (C=O) groups excluding carboxylic acids is 2. The van der Waals surface area contributed by atoms with Crippen molar-refractivity contribution in [2.45, 2.75) is 5.22 Å². The van der Waals surface area contributed by atoms with E-state index in [1.807, 2.05) is 0 Å². The fourth-order valence-corrected chi connectivity index (χ4v) is 2.62. The maximum absolute atomic E-state index is 11.2. The van der Waals surface area contributed by atoms with Crippen LogP contribution in [0.25, 0.3) is 11.1 Å². The van der Waals surface area contributed by atoms with E-state index < -0.39 is 11.9 Å². The molecule has 0 aliphatic carbocycles. The minimum Gasteiger partial charge on any atom is -0.721 e. The molecular weight excluding hydrogens is 402 g/mol. The van der Waals surface area contributed by atoms with E-state index in [-0.39, 0.29) is 77.6 Å². The molecule has 134 valence electrons. The number of carbonyl (C=O) groups is 2. The number of primary amides is 1. The van der Waals surface area contributed by atoms with Gasteiger partial charge in [0.05, 0.1) is 24.4 Å². The zero-order valence-electron chi connectivity index (χ0n) is 15.5. The number of carboxylic acids is 1. The van der Waals surface area contributed by atoms with Crippen LogP contribution in [0.2, 0.25) is 0 Å². The molecule has 3 N–H and O–H groups in total. The van der Waals surface area contributed by atoms with Gasteiger partial charge in [-0.2, -0.15) is 0 Å². The Hall–Kier alpha value is -1.33. The van der Waals surface area contributed by atoms with E-state index >= 15 is 0 Å². The number of nitrogens with two attached hydrogens (primary N) is 1. The Balaban J connectivity index is 0.00000196. The summed E-state index contributed by atoms with van der Waals surface area (Å²) in [6.45, 7) is -0.145. The molecule has 3 rings (SSSR count). The maximum atomic E-state index is 11.2. The number of hydrogen-bond acceptors (Lipinski definition) is 8. The van der Waals surface area contributed by atoms with E-state index in [4.69, 9.17) is 22.8 Å². The van der Waals surface area contributed by atoms with Crippen LogP contribution in [0.5, 0.6) is 0 Å². The number of nitrogens with zero attached hydrogens (tertiary/aromatic N) is 2. The normalized spacial score (nSPS) is 9.86. The van der Waals surface area contributed by atoms with E-state index in [9.17, 15) is 14.7 Å². The number of amides is 1. The summed E-state index contributed by atoms with van der Waals surface area (Å²) in [7, 11) is 0. The van der Waals surface area contributed by atoms with E-state index in [1.165, 1.54) is 12.1 Å². The average molecular weight is 416 g/mol. The number of oxazole rings is 1. The molecule has 0 unspecified atom stereocenters. The molecule has 0 atom stereocenters. The number of rotatable bonds is 7. The summed E-state index contributed by atoms with van der Waals surface area (Å²) in [5.74, 6) is -1.78. The van der Waals surface area contributed by atoms with E-state index in [2.05, 4.69) is 10.3 Å². The number of aromatic nitrogens is 1. The van der Waals surface area contributed by atoms with Gasteiger partial charge >= 0.3 is 59.1 Å². The maximum Gasteiger partial charge on any atom is 1.00 e. The third kappa shape index (κ3) is 6.35. The van der Waals surface area contributed by atoms with Crippen LogP contribution in [0, 0.1) is 0 Å². The van der Waals surface area contributed by atoms with Crippen molar-refractivity contribution in [2.75, 3.05) is 23.4 Å². The van der Waals surface area contributed by atoms with Crippen LogP contribution in [-0.4, -0.2) is 30.1 Å². The second-order valence-corrected chi connectivity index (χ2v) is 5.83. The molecule has 0 aliphatic rings. The number of aliphatic carboxylic acids is 1. The van der Waals surface area contributed by atoms with Gasteiger partial charge in [0.15, 0.2) is 5.58 Å². The van der Waals surface area contributed by atoms with Crippen LogP contribution < -0.4 is 80.2 Å². The second kappa shape index (κ2) is 11.0. The molecule has 8 nitrogen and oxygen atoms in total. The van der Waals surface area contributed by atoms with Crippen LogP contribution >= 0.6 is 0 Å². The first-order valence-corrected chi connectivity index (χ1v) is 7.99. The summed E-state index contributed by atoms with van der Waals surface area (Å²) >= 11 is 4.89. The van der Waals surface area contributed by atoms with Gasteiger partial charge in [0, 0.05) is 23.0 Å². The van der Waals surface area contributed by atoms with Crippen LogP contribution in [0.4, 0.5) is 11.4 Å². The van der Waals surface area contributed by atoms with Crippen molar-refractivity contribution in [3.05, 3.63) is 48.0 Å². The summed E-state index contributed by atoms with van der Waals surface area (Å²) in [5, 5.41) is 14.3. The van der Waals surface area contributed by atoms with Gasteiger partial charge in [-0.3, -0.25) is 4.79 Å². The summed E-state index contributed by atoms with van der Waals surface area (Å²) < 4.78 is 5.30. The van der Waals surface area contributed by atoms with Crippen LogP contribution in [0.3, 0.4) is 0 Å². The Morgan fingerprint density at radius 2 is 1.86 bits per heavy atom. The summed E-state index contributed by atoms with van der Waals surface area (Å²) in [6, 6.07) is 11.6. The fraction of sp³-hybridized carbons (Fsp3) is 0.118. The largest absolute Gasteiger partial charge is 1.00 e. The van der Waals surface area contributed by atoms with Crippen molar-refractivity contribution < 1.29 is 78.2 Å². The quantitative estimate of drug-likeness (QED) is 0.222. The van der Waals surface area contributed by atoms with E-state index in [0.717, 1.165) is 0 Å². The molecule has 1 aromatic heterocycles. The first-order chi connectivity index (χ1) is 12.4. The number of benzene rings is 2. The molecule has 0 radical (unpaired) electrons. The van der Waals surface area contributed by atoms with Gasteiger partial charge in [-0.05, 0) is 36.4 Å². The van der Waals surface area contributed by atoms with E-state index in [1.54, 1.807) is 35.2 Å². The van der Waals surface area contributed by atoms with Gasteiger partial charge in [0.2, 0.25) is 5.91 Å². The van der Waals surface area contributed by atoms with Crippen molar-refractivity contribution in [3.63, 3.8) is 0 Å². The van der Waals surface area contributed by atoms with Gasteiger partial charge in [-0.1, -0.05) is 0 Å². The van der Waals surface area contributed by atoms with Crippen LogP contribution in [0.15, 0.2) is 52.1 Å². The Kier molecular flexibility index (Phi) is 9.72. The van der Waals surface area contributed by atoms with Gasteiger partial charge in [0.1, 0.15) is 5.52 Å². The molecule has 28 heavy (non-hydrogen) atoms. The smallest absolute Gasteiger partial charge is 0.721 e. The molecule has 0 saturated heterocycles. The molecule has 11 heteroatoms. The van der Waals surface area contributed by atoms with Crippen molar-refractivity contribution in [2.24, 2.45) is 5.73 Å². The second-order valence-electron chi connectivity index (χ2n) is 5.48. The summed E-state index contributed by atoms with van der Waals surface area (Å²) in [4.78, 5) is 27.8. The number of fused-ring (bicyclic) bond motifs is 1. The van der Waals surface area contributed by atoms with Crippen LogP contribution in [0.1, 0.15) is 10.4 Å². The van der Waals surface area contributed by atoms with Crippen molar-refractivity contribution in [3.8, 4) is 0 Å². The van der Waals surface area contributed by atoms with Gasteiger partial charge < -0.3 is 42.9 Å². The first kappa shape index (κ1) is 24.7.